The number of rotatable bonds is 7. The SMILES string of the molecule is C[C@@H](CN[C@H](C)[C@H]1CNc2cccc(C#N)c2N1)c1ccc(CC(=O)O)cc1. The van der Waals surface area contributed by atoms with Gasteiger partial charge in [0, 0.05) is 19.1 Å². The van der Waals surface area contributed by atoms with Crippen LogP contribution >= 0.6 is 0 Å². The molecule has 28 heavy (non-hydrogen) atoms. The molecule has 4 N–H and O–H groups in total. The molecule has 0 saturated carbocycles. The second kappa shape index (κ2) is 8.77. The molecule has 2 aromatic rings. The van der Waals surface area contributed by atoms with Crippen molar-refractivity contribution in [3.8, 4) is 6.07 Å². The Hall–Kier alpha value is -3.04. The lowest BCUT2D eigenvalue weighted by Crippen LogP contribution is -2.48. The van der Waals surface area contributed by atoms with Crippen molar-refractivity contribution in [2.45, 2.75) is 38.3 Å². The fraction of sp³-hybridized carbons (Fsp3) is 0.364. The number of nitrogens with one attached hydrogen (secondary N) is 3. The summed E-state index contributed by atoms with van der Waals surface area (Å²) in [7, 11) is 0. The Labute approximate surface area is 165 Å². The van der Waals surface area contributed by atoms with E-state index in [-0.39, 0.29) is 18.5 Å². The number of anilines is 2. The van der Waals surface area contributed by atoms with Gasteiger partial charge in [-0.25, -0.2) is 0 Å². The van der Waals surface area contributed by atoms with Crippen molar-refractivity contribution in [1.29, 1.82) is 5.26 Å². The van der Waals surface area contributed by atoms with Crippen LogP contribution in [0.25, 0.3) is 0 Å². The summed E-state index contributed by atoms with van der Waals surface area (Å²) in [6.07, 6.45) is 0.0520. The fourth-order valence-electron chi connectivity index (χ4n) is 3.47. The first-order valence-electron chi connectivity index (χ1n) is 9.55. The standard InChI is InChI=1S/C22H26N4O2/c1-14(17-8-6-16(7-9-17)10-21(27)28)12-24-15(2)20-13-25-19-5-3-4-18(11-23)22(19)26-20/h3-9,14-15,20,24-26H,10,12-13H2,1-2H3,(H,27,28)/t14-,15+,20+/m0/s1. The first-order chi connectivity index (χ1) is 13.5. The minimum Gasteiger partial charge on any atom is -0.481 e. The maximum atomic E-state index is 10.8. The van der Waals surface area contributed by atoms with Crippen LogP contribution in [0.3, 0.4) is 0 Å². The normalized spacial score (nSPS) is 17.4. The van der Waals surface area contributed by atoms with Gasteiger partial charge in [-0.3, -0.25) is 4.79 Å². The largest absolute Gasteiger partial charge is 0.481 e. The Balaban J connectivity index is 1.56. The van der Waals surface area contributed by atoms with Gasteiger partial charge in [0.15, 0.2) is 0 Å². The molecule has 0 aromatic heterocycles. The first-order valence-corrected chi connectivity index (χ1v) is 9.55. The Bertz CT molecular complexity index is 873. The van der Waals surface area contributed by atoms with Gasteiger partial charge in [-0.2, -0.15) is 5.26 Å². The van der Waals surface area contributed by atoms with Crippen molar-refractivity contribution >= 4 is 17.3 Å². The van der Waals surface area contributed by atoms with Crippen molar-refractivity contribution in [2.75, 3.05) is 23.7 Å². The van der Waals surface area contributed by atoms with Crippen molar-refractivity contribution < 1.29 is 9.90 Å². The van der Waals surface area contributed by atoms with Gasteiger partial charge in [0.2, 0.25) is 0 Å². The van der Waals surface area contributed by atoms with Crippen LogP contribution in [0.1, 0.15) is 36.5 Å². The van der Waals surface area contributed by atoms with E-state index in [9.17, 15) is 10.1 Å². The third-order valence-electron chi connectivity index (χ3n) is 5.28. The molecule has 0 spiro atoms. The van der Waals surface area contributed by atoms with E-state index in [1.54, 1.807) is 0 Å². The summed E-state index contributed by atoms with van der Waals surface area (Å²) >= 11 is 0. The maximum absolute atomic E-state index is 10.8. The number of carboxylic acids is 1. The highest BCUT2D eigenvalue weighted by Gasteiger charge is 2.24. The Morgan fingerprint density at radius 1 is 1.29 bits per heavy atom. The highest BCUT2D eigenvalue weighted by atomic mass is 16.4. The van der Waals surface area contributed by atoms with Crippen LogP contribution in [0, 0.1) is 11.3 Å². The quantitative estimate of drug-likeness (QED) is 0.591. The van der Waals surface area contributed by atoms with E-state index < -0.39 is 5.97 Å². The highest BCUT2D eigenvalue weighted by Crippen LogP contribution is 2.30. The Morgan fingerprint density at radius 2 is 2.04 bits per heavy atom. The van der Waals surface area contributed by atoms with Crippen LogP contribution < -0.4 is 16.0 Å². The average molecular weight is 378 g/mol. The zero-order valence-corrected chi connectivity index (χ0v) is 16.2. The third-order valence-corrected chi connectivity index (χ3v) is 5.28. The molecular formula is C22H26N4O2. The molecule has 1 aliphatic rings. The molecule has 0 bridgehead atoms. The van der Waals surface area contributed by atoms with E-state index in [0.717, 1.165) is 30.0 Å². The molecule has 6 heteroatoms. The predicted octanol–water partition coefficient (Wildman–Crippen LogP) is 3.17. The molecule has 0 aliphatic carbocycles. The summed E-state index contributed by atoms with van der Waals surface area (Å²) in [5, 5.41) is 28.7. The first kappa shape index (κ1) is 19.7. The van der Waals surface area contributed by atoms with E-state index >= 15 is 0 Å². The smallest absolute Gasteiger partial charge is 0.307 e. The highest BCUT2D eigenvalue weighted by molar-refractivity contribution is 5.77. The molecule has 1 aliphatic heterocycles. The van der Waals surface area contributed by atoms with Crippen LogP contribution in [0.2, 0.25) is 0 Å². The Kier molecular flexibility index (Phi) is 6.17. The zero-order chi connectivity index (χ0) is 20.1. The Morgan fingerprint density at radius 3 is 2.71 bits per heavy atom. The minimum atomic E-state index is -0.814. The van der Waals surface area contributed by atoms with Gasteiger partial charge in [-0.05, 0) is 36.1 Å². The second-order valence-corrected chi connectivity index (χ2v) is 7.38. The summed E-state index contributed by atoms with van der Waals surface area (Å²) in [4.78, 5) is 10.8. The van der Waals surface area contributed by atoms with Crippen molar-refractivity contribution in [3.63, 3.8) is 0 Å². The molecule has 3 rings (SSSR count). The molecule has 0 saturated heterocycles. The number of benzene rings is 2. The van der Waals surface area contributed by atoms with Gasteiger partial charge in [0.1, 0.15) is 6.07 Å². The maximum Gasteiger partial charge on any atom is 0.307 e. The number of hydrogen-bond donors (Lipinski definition) is 4. The molecule has 0 amide bonds. The summed E-state index contributed by atoms with van der Waals surface area (Å²) in [5.41, 5.74) is 4.49. The number of carbonyl (C=O) groups is 1. The van der Waals surface area contributed by atoms with Gasteiger partial charge >= 0.3 is 5.97 Å². The average Bonchev–Trinajstić information content (AvgIpc) is 2.71. The number of nitrogens with zero attached hydrogens (tertiary/aromatic N) is 1. The zero-order valence-electron chi connectivity index (χ0n) is 16.2. The molecular weight excluding hydrogens is 352 g/mol. The molecule has 0 unspecified atom stereocenters. The van der Waals surface area contributed by atoms with Crippen LogP contribution in [0.4, 0.5) is 11.4 Å². The summed E-state index contributed by atoms with van der Waals surface area (Å²) in [6.45, 7) is 5.89. The third kappa shape index (κ3) is 4.62. The van der Waals surface area contributed by atoms with E-state index in [1.165, 1.54) is 5.56 Å². The van der Waals surface area contributed by atoms with E-state index in [2.05, 4.69) is 35.9 Å². The van der Waals surface area contributed by atoms with Crippen molar-refractivity contribution in [2.24, 2.45) is 0 Å². The lowest BCUT2D eigenvalue weighted by molar-refractivity contribution is -0.136. The summed E-state index contributed by atoms with van der Waals surface area (Å²) in [6, 6.07) is 16.1. The minimum absolute atomic E-state index is 0.0520. The van der Waals surface area contributed by atoms with Gasteiger partial charge in [0.25, 0.3) is 0 Å². The number of fused-ring (bicyclic) bond motifs is 1. The lowest BCUT2D eigenvalue weighted by atomic mass is 9.98. The second-order valence-electron chi connectivity index (χ2n) is 7.38. The number of hydrogen-bond acceptors (Lipinski definition) is 5. The fourth-order valence-corrected chi connectivity index (χ4v) is 3.47. The van der Waals surface area contributed by atoms with Gasteiger partial charge in [0.05, 0.1) is 29.4 Å². The van der Waals surface area contributed by atoms with Gasteiger partial charge in [-0.1, -0.05) is 37.3 Å². The summed E-state index contributed by atoms with van der Waals surface area (Å²) in [5.74, 6) is -0.508. The van der Waals surface area contributed by atoms with E-state index in [4.69, 9.17) is 5.11 Å². The molecule has 2 aromatic carbocycles. The topological polar surface area (TPSA) is 97.2 Å². The van der Waals surface area contributed by atoms with Crippen molar-refractivity contribution in [3.05, 3.63) is 59.2 Å². The molecule has 1 heterocycles. The molecule has 0 radical (unpaired) electrons. The molecule has 6 nitrogen and oxygen atoms in total. The van der Waals surface area contributed by atoms with Crippen LogP contribution in [0.5, 0.6) is 0 Å². The molecule has 0 fully saturated rings. The number of nitriles is 1. The number of carboxylic acid groups (broad SMARTS) is 1. The van der Waals surface area contributed by atoms with Crippen LogP contribution in [0.15, 0.2) is 42.5 Å². The predicted molar refractivity (Wildman–Crippen MR) is 111 cm³/mol. The van der Waals surface area contributed by atoms with E-state index in [0.29, 0.717) is 11.5 Å². The summed E-state index contributed by atoms with van der Waals surface area (Å²) < 4.78 is 0. The number of para-hydroxylation sites is 1. The number of aliphatic carboxylic acids is 1. The van der Waals surface area contributed by atoms with Crippen molar-refractivity contribution in [1.82, 2.24) is 5.32 Å². The monoisotopic (exact) mass is 378 g/mol. The van der Waals surface area contributed by atoms with Crippen LogP contribution in [-0.2, 0) is 11.2 Å². The lowest BCUT2D eigenvalue weighted by Gasteiger charge is -2.34. The molecule has 146 valence electrons. The molecule has 3 atom stereocenters. The van der Waals surface area contributed by atoms with Crippen LogP contribution in [-0.4, -0.2) is 36.2 Å². The van der Waals surface area contributed by atoms with Gasteiger partial charge < -0.3 is 21.1 Å². The van der Waals surface area contributed by atoms with Gasteiger partial charge in [-0.15, -0.1) is 0 Å². The van der Waals surface area contributed by atoms with E-state index in [1.807, 2.05) is 42.5 Å².